The number of aryl methyl sites for hydroxylation is 1. The van der Waals surface area contributed by atoms with Gasteiger partial charge in [-0.1, -0.05) is 6.07 Å². The first-order valence-corrected chi connectivity index (χ1v) is 7.10. The number of aromatic nitrogens is 1. The largest absolute Gasteiger partial charge is 0.440 e. The Kier molecular flexibility index (Phi) is 3.40. The van der Waals surface area contributed by atoms with Gasteiger partial charge in [0.1, 0.15) is 5.76 Å². The number of oxazole rings is 1. The van der Waals surface area contributed by atoms with Gasteiger partial charge in [0, 0.05) is 19.6 Å². The minimum atomic E-state index is -0.663. The fourth-order valence-corrected chi connectivity index (χ4v) is 2.92. The molecule has 2 aromatic rings. The highest BCUT2D eigenvalue weighted by molar-refractivity contribution is 7.13. The molecule has 0 spiro atoms. The second kappa shape index (κ2) is 5.05. The molecular weight excluding hydrogens is 264 g/mol. The monoisotopic (exact) mass is 280 g/mol. The van der Waals surface area contributed by atoms with Crippen molar-refractivity contribution in [1.82, 2.24) is 9.88 Å². The average Bonchev–Trinajstić information content (AvgIpc) is 3.04. The Balaban J connectivity index is 1.75. The number of thiophene rings is 1. The van der Waals surface area contributed by atoms with E-state index >= 15 is 0 Å². The minimum absolute atomic E-state index is 0.474. The van der Waals surface area contributed by atoms with Crippen LogP contribution >= 0.6 is 11.3 Å². The van der Waals surface area contributed by atoms with E-state index in [1.54, 1.807) is 11.3 Å². The summed E-state index contributed by atoms with van der Waals surface area (Å²) in [4.78, 5) is 7.50. The topological polar surface area (TPSA) is 69.7 Å². The Labute approximate surface area is 115 Å². The molecule has 2 unspecified atom stereocenters. The maximum Gasteiger partial charge on any atom is 0.236 e. The molecule has 0 radical (unpaired) electrons. The van der Waals surface area contributed by atoms with E-state index in [2.05, 4.69) is 4.98 Å². The average molecular weight is 280 g/mol. The van der Waals surface area contributed by atoms with Crippen molar-refractivity contribution in [3.8, 4) is 10.8 Å². The SMILES string of the molecule is Cc1oc(-c2cccs2)nc1CN1CC(O)C(O)C1. The number of likely N-dealkylation sites (tertiary alicyclic amines) is 1. The van der Waals surface area contributed by atoms with Gasteiger partial charge in [0.05, 0.1) is 22.8 Å². The van der Waals surface area contributed by atoms with E-state index in [1.807, 2.05) is 29.3 Å². The van der Waals surface area contributed by atoms with Crippen molar-refractivity contribution in [2.45, 2.75) is 25.7 Å². The molecule has 6 heteroatoms. The zero-order chi connectivity index (χ0) is 13.4. The Morgan fingerprint density at radius 2 is 2.16 bits per heavy atom. The molecule has 1 fully saturated rings. The molecule has 5 nitrogen and oxygen atoms in total. The van der Waals surface area contributed by atoms with Crippen molar-refractivity contribution >= 4 is 11.3 Å². The highest BCUT2D eigenvalue weighted by Crippen LogP contribution is 2.26. The highest BCUT2D eigenvalue weighted by atomic mass is 32.1. The van der Waals surface area contributed by atoms with Gasteiger partial charge in [-0.2, -0.15) is 0 Å². The van der Waals surface area contributed by atoms with Crippen LogP contribution in [0, 0.1) is 6.92 Å². The standard InChI is InChI=1S/C13H16N2O3S/c1-8-9(5-15-6-10(16)11(17)7-15)14-13(18-8)12-3-2-4-19-12/h2-4,10-11,16-17H,5-7H2,1H3. The number of aliphatic hydroxyl groups is 2. The first-order chi connectivity index (χ1) is 9.13. The molecule has 0 aliphatic carbocycles. The lowest BCUT2D eigenvalue weighted by molar-refractivity contribution is 0.0572. The number of β-amino-alcohol motifs (C(OH)–C–C–N with tert-alkyl or cyclic N) is 2. The van der Waals surface area contributed by atoms with Crippen LogP contribution in [0.15, 0.2) is 21.9 Å². The van der Waals surface area contributed by atoms with Gasteiger partial charge in [-0.25, -0.2) is 4.98 Å². The number of nitrogens with zero attached hydrogens (tertiary/aromatic N) is 2. The molecule has 19 heavy (non-hydrogen) atoms. The van der Waals surface area contributed by atoms with Gasteiger partial charge in [-0.3, -0.25) is 4.90 Å². The Morgan fingerprint density at radius 1 is 1.42 bits per heavy atom. The highest BCUT2D eigenvalue weighted by Gasteiger charge is 2.30. The van der Waals surface area contributed by atoms with Gasteiger partial charge in [0.15, 0.2) is 0 Å². The molecule has 2 N–H and O–H groups in total. The van der Waals surface area contributed by atoms with Crippen molar-refractivity contribution in [1.29, 1.82) is 0 Å². The van der Waals surface area contributed by atoms with Gasteiger partial charge >= 0.3 is 0 Å². The zero-order valence-electron chi connectivity index (χ0n) is 10.6. The fraction of sp³-hybridized carbons (Fsp3) is 0.462. The smallest absolute Gasteiger partial charge is 0.236 e. The number of rotatable bonds is 3. The third-order valence-corrected chi connectivity index (χ3v) is 4.19. The first-order valence-electron chi connectivity index (χ1n) is 6.22. The van der Waals surface area contributed by atoms with E-state index in [9.17, 15) is 10.2 Å². The molecule has 2 atom stereocenters. The van der Waals surface area contributed by atoms with E-state index in [1.165, 1.54) is 0 Å². The van der Waals surface area contributed by atoms with Gasteiger partial charge in [0.25, 0.3) is 0 Å². The maximum atomic E-state index is 9.54. The van der Waals surface area contributed by atoms with Crippen molar-refractivity contribution in [2.24, 2.45) is 0 Å². The van der Waals surface area contributed by atoms with Gasteiger partial charge in [0.2, 0.25) is 5.89 Å². The number of hydrogen-bond donors (Lipinski definition) is 2. The summed E-state index contributed by atoms with van der Waals surface area (Å²) in [5.74, 6) is 1.43. The lowest BCUT2D eigenvalue weighted by Crippen LogP contribution is -2.22. The van der Waals surface area contributed by atoms with Crippen molar-refractivity contribution in [3.63, 3.8) is 0 Å². The maximum absolute atomic E-state index is 9.54. The second-order valence-corrected chi connectivity index (χ2v) is 5.78. The first kappa shape index (κ1) is 12.8. The van der Waals surface area contributed by atoms with Crippen LogP contribution in [0.1, 0.15) is 11.5 Å². The number of hydrogen-bond acceptors (Lipinski definition) is 6. The van der Waals surface area contributed by atoms with Crippen LogP contribution in [0.4, 0.5) is 0 Å². The molecule has 102 valence electrons. The summed E-state index contributed by atoms with van der Waals surface area (Å²) >= 11 is 1.59. The van der Waals surface area contributed by atoms with Crippen LogP contribution in [-0.2, 0) is 6.54 Å². The Bertz CT molecular complexity index is 542. The summed E-state index contributed by atoms with van der Waals surface area (Å²) in [6, 6.07) is 3.94. The summed E-state index contributed by atoms with van der Waals surface area (Å²) in [7, 11) is 0. The third kappa shape index (κ3) is 2.57. The molecule has 0 amide bonds. The molecule has 1 aliphatic heterocycles. The molecule has 2 aromatic heterocycles. The Morgan fingerprint density at radius 3 is 2.79 bits per heavy atom. The van der Waals surface area contributed by atoms with Crippen LogP contribution in [0.5, 0.6) is 0 Å². The lowest BCUT2D eigenvalue weighted by Gasteiger charge is -2.12. The van der Waals surface area contributed by atoms with E-state index in [0.717, 1.165) is 16.3 Å². The van der Waals surface area contributed by atoms with Crippen LogP contribution in [0.2, 0.25) is 0 Å². The van der Waals surface area contributed by atoms with E-state index < -0.39 is 12.2 Å². The molecule has 3 rings (SSSR count). The summed E-state index contributed by atoms with van der Waals surface area (Å²) in [5.41, 5.74) is 0.865. The normalized spacial score (nSPS) is 24.2. The lowest BCUT2D eigenvalue weighted by atomic mass is 10.3. The van der Waals surface area contributed by atoms with E-state index in [0.29, 0.717) is 25.5 Å². The zero-order valence-corrected chi connectivity index (χ0v) is 11.4. The summed E-state index contributed by atoms with van der Waals surface area (Å²) in [6.07, 6.45) is -1.33. The number of aliphatic hydroxyl groups excluding tert-OH is 2. The van der Waals surface area contributed by atoms with Gasteiger partial charge in [-0.05, 0) is 18.4 Å². The summed E-state index contributed by atoms with van der Waals surface area (Å²) in [6.45, 7) is 3.43. The minimum Gasteiger partial charge on any atom is -0.440 e. The van der Waals surface area contributed by atoms with Gasteiger partial charge < -0.3 is 14.6 Å². The van der Waals surface area contributed by atoms with Crippen LogP contribution in [-0.4, -0.2) is 45.4 Å². The quantitative estimate of drug-likeness (QED) is 0.885. The second-order valence-electron chi connectivity index (χ2n) is 4.83. The molecular formula is C13H16N2O3S. The van der Waals surface area contributed by atoms with Crippen LogP contribution in [0.3, 0.4) is 0 Å². The summed E-state index contributed by atoms with van der Waals surface area (Å²) < 4.78 is 5.67. The van der Waals surface area contributed by atoms with Crippen LogP contribution in [0.25, 0.3) is 10.8 Å². The predicted molar refractivity (Wildman–Crippen MR) is 71.8 cm³/mol. The van der Waals surface area contributed by atoms with E-state index in [-0.39, 0.29) is 0 Å². The van der Waals surface area contributed by atoms with Crippen molar-refractivity contribution < 1.29 is 14.6 Å². The third-order valence-electron chi connectivity index (χ3n) is 3.33. The fourth-order valence-electron chi connectivity index (χ4n) is 2.27. The summed E-state index contributed by atoms with van der Waals surface area (Å²) in [5, 5.41) is 21.1. The molecule has 1 aliphatic rings. The van der Waals surface area contributed by atoms with Crippen LogP contribution < -0.4 is 0 Å². The molecule has 0 bridgehead atoms. The van der Waals surface area contributed by atoms with Crippen molar-refractivity contribution in [2.75, 3.05) is 13.1 Å². The molecule has 3 heterocycles. The molecule has 0 aromatic carbocycles. The van der Waals surface area contributed by atoms with Gasteiger partial charge in [-0.15, -0.1) is 11.3 Å². The Hall–Kier alpha value is -1.21. The van der Waals surface area contributed by atoms with Crippen molar-refractivity contribution in [3.05, 3.63) is 29.0 Å². The molecule has 1 saturated heterocycles. The predicted octanol–water partition coefficient (Wildman–Crippen LogP) is 1.25. The van der Waals surface area contributed by atoms with E-state index in [4.69, 9.17) is 4.42 Å². The molecule has 0 saturated carbocycles.